The number of carbonyl (C=O) groups excluding carboxylic acids is 2. The van der Waals surface area contributed by atoms with Crippen LogP contribution in [0.5, 0.6) is 0 Å². The maximum Gasteiger partial charge on any atom is 0.407 e. The highest BCUT2D eigenvalue weighted by Gasteiger charge is 2.29. The van der Waals surface area contributed by atoms with Gasteiger partial charge in [0, 0.05) is 11.0 Å². The molecule has 0 fully saturated rings. The van der Waals surface area contributed by atoms with E-state index in [1.807, 2.05) is 0 Å². The fourth-order valence-corrected chi connectivity index (χ4v) is 0.900. The van der Waals surface area contributed by atoms with Gasteiger partial charge in [0.1, 0.15) is 5.54 Å². The number of alkyl carbamates (subject to hydrolysis) is 1. The maximum absolute atomic E-state index is 11.6. The third-order valence-electron chi connectivity index (χ3n) is 1.61. The zero-order valence-corrected chi connectivity index (χ0v) is 10.6. The molecule has 0 rings (SSSR count). The molecule has 0 aliphatic carbocycles. The number of amides is 2. The van der Waals surface area contributed by atoms with E-state index in [1.165, 1.54) is 7.11 Å². The predicted molar refractivity (Wildman–Crippen MR) is 60.7 cm³/mol. The molecule has 15 heavy (non-hydrogen) atoms. The average molecular weight is 279 g/mol. The molecule has 2 N–H and O–H groups in total. The van der Waals surface area contributed by atoms with Crippen molar-refractivity contribution >= 4 is 27.9 Å². The van der Waals surface area contributed by atoms with Crippen molar-refractivity contribution in [1.82, 2.24) is 10.6 Å². The number of halogens is 1. The highest BCUT2D eigenvalue weighted by atomic mass is 79.9. The molecule has 0 saturated heterocycles. The SMILES string of the molecule is C=C(Br)CNC(=O)C(C)(C)NC(=O)OC. The van der Waals surface area contributed by atoms with Crippen molar-refractivity contribution in [2.45, 2.75) is 19.4 Å². The summed E-state index contributed by atoms with van der Waals surface area (Å²) in [5.41, 5.74) is -1.02. The number of rotatable bonds is 4. The standard InChI is InChI=1S/C9H15BrN2O3/c1-6(10)5-11-7(13)9(2,3)12-8(14)15-4/h1,5H2,2-4H3,(H,11,13)(H,12,14). The lowest BCUT2D eigenvalue weighted by molar-refractivity contribution is -0.126. The van der Waals surface area contributed by atoms with Crippen LogP contribution in [-0.2, 0) is 9.53 Å². The molecule has 0 aromatic carbocycles. The normalized spacial score (nSPS) is 10.4. The molecule has 0 aliphatic rings. The number of hydrogen-bond donors (Lipinski definition) is 2. The molecule has 5 nitrogen and oxygen atoms in total. The number of methoxy groups -OCH3 is 1. The van der Waals surface area contributed by atoms with E-state index in [0.29, 0.717) is 11.0 Å². The van der Waals surface area contributed by atoms with Crippen molar-refractivity contribution < 1.29 is 14.3 Å². The second kappa shape index (κ2) is 5.75. The van der Waals surface area contributed by atoms with Crippen LogP contribution in [0.15, 0.2) is 11.1 Å². The summed E-state index contributed by atoms with van der Waals surface area (Å²) in [5, 5.41) is 5.01. The van der Waals surface area contributed by atoms with Crippen molar-refractivity contribution in [3.8, 4) is 0 Å². The van der Waals surface area contributed by atoms with Crippen molar-refractivity contribution in [1.29, 1.82) is 0 Å². The Morgan fingerprint density at radius 2 is 2.00 bits per heavy atom. The fraction of sp³-hybridized carbons (Fsp3) is 0.556. The highest BCUT2D eigenvalue weighted by molar-refractivity contribution is 9.11. The smallest absolute Gasteiger partial charge is 0.407 e. The van der Waals surface area contributed by atoms with Gasteiger partial charge in [0.2, 0.25) is 5.91 Å². The van der Waals surface area contributed by atoms with Crippen LogP contribution in [0.4, 0.5) is 4.79 Å². The van der Waals surface area contributed by atoms with Gasteiger partial charge in [0.25, 0.3) is 0 Å². The van der Waals surface area contributed by atoms with E-state index in [9.17, 15) is 9.59 Å². The van der Waals surface area contributed by atoms with E-state index < -0.39 is 11.6 Å². The Bertz CT molecular complexity index is 277. The lowest BCUT2D eigenvalue weighted by Gasteiger charge is -2.24. The van der Waals surface area contributed by atoms with E-state index in [-0.39, 0.29) is 5.91 Å². The van der Waals surface area contributed by atoms with Crippen molar-refractivity contribution in [2.75, 3.05) is 13.7 Å². The number of ether oxygens (including phenoxy) is 1. The van der Waals surface area contributed by atoms with Gasteiger partial charge in [-0.05, 0) is 13.8 Å². The molecule has 0 aromatic heterocycles. The molecule has 0 spiro atoms. The molecular formula is C9H15BrN2O3. The van der Waals surface area contributed by atoms with E-state index in [0.717, 1.165) is 0 Å². The lowest BCUT2D eigenvalue weighted by atomic mass is 10.1. The quantitative estimate of drug-likeness (QED) is 0.811. The Kier molecular flexibility index (Phi) is 5.35. The zero-order valence-electron chi connectivity index (χ0n) is 9.02. The van der Waals surface area contributed by atoms with Crippen LogP contribution in [0, 0.1) is 0 Å². The van der Waals surface area contributed by atoms with E-state index >= 15 is 0 Å². The van der Waals surface area contributed by atoms with Crippen LogP contribution in [0.1, 0.15) is 13.8 Å². The number of hydrogen-bond acceptors (Lipinski definition) is 3. The summed E-state index contributed by atoms with van der Waals surface area (Å²) in [6, 6.07) is 0. The number of nitrogens with one attached hydrogen (secondary N) is 2. The minimum Gasteiger partial charge on any atom is -0.453 e. The Hall–Kier alpha value is -1.04. The van der Waals surface area contributed by atoms with Crippen molar-refractivity contribution in [3.63, 3.8) is 0 Å². The first kappa shape index (κ1) is 14.0. The topological polar surface area (TPSA) is 67.4 Å². The Morgan fingerprint density at radius 1 is 1.47 bits per heavy atom. The third-order valence-corrected chi connectivity index (χ3v) is 1.89. The second-order valence-electron chi connectivity index (χ2n) is 3.44. The van der Waals surface area contributed by atoms with Gasteiger partial charge in [-0.25, -0.2) is 4.79 Å². The van der Waals surface area contributed by atoms with Gasteiger partial charge in [-0.3, -0.25) is 4.79 Å². The van der Waals surface area contributed by atoms with Crippen molar-refractivity contribution in [3.05, 3.63) is 11.1 Å². The summed E-state index contributed by atoms with van der Waals surface area (Å²) in [5.74, 6) is -0.312. The Balaban J connectivity index is 4.25. The van der Waals surface area contributed by atoms with Gasteiger partial charge in [-0.15, -0.1) is 0 Å². The highest BCUT2D eigenvalue weighted by Crippen LogP contribution is 2.04. The van der Waals surface area contributed by atoms with Gasteiger partial charge in [0.05, 0.1) is 7.11 Å². The van der Waals surface area contributed by atoms with Gasteiger partial charge >= 0.3 is 6.09 Å². The van der Waals surface area contributed by atoms with Crippen LogP contribution in [0.2, 0.25) is 0 Å². The molecule has 2 amide bonds. The monoisotopic (exact) mass is 278 g/mol. The first-order chi connectivity index (χ1) is 6.79. The summed E-state index contributed by atoms with van der Waals surface area (Å²) in [6.45, 7) is 7.05. The summed E-state index contributed by atoms with van der Waals surface area (Å²) in [4.78, 5) is 22.5. The Morgan fingerprint density at radius 3 is 2.40 bits per heavy atom. The largest absolute Gasteiger partial charge is 0.453 e. The number of carbonyl (C=O) groups is 2. The van der Waals surface area contributed by atoms with E-state index in [2.05, 4.69) is 37.9 Å². The molecule has 6 heteroatoms. The summed E-state index contributed by atoms with van der Waals surface area (Å²) < 4.78 is 5.06. The molecule has 0 radical (unpaired) electrons. The fourth-order valence-electron chi connectivity index (χ4n) is 0.760. The lowest BCUT2D eigenvalue weighted by Crippen LogP contribution is -2.54. The maximum atomic E-state index is 11.6. The first-order valence-corrected chi connectivity index (χ1v) is 5.06. The molecule has 0 unspecified atom stereocenters. The molecule has 0 aliphatic heterocycles. The molecule has 0 aromatic rings. The zero-order chi connectivity index (χ0) is 12.1. The average Bonchev–Trinajstić information content (AvgIpc) is 2.13. The van der Waals surface area contributed by atoms with E-state index in [1.54, 1.807) is 13.8 Å². The molecule has 86 valence electrons. The van der Waals surface area contributed by atoms with Crippen LogP contribution < -0.4 is 10.6 Å². The van der Waals surface area contributed by atoms with Gasteiger partial charge in [-0.1, -0.05) is 22.5 Å². The first-order valence-electron chi connectivity index (χ1n) is 4.27. The third kappa shape index (κ3) is 5.41. The van der Waals surface area contributed by atoms with E-state index in [4.69, 9.17) is 0 Å². The van der Waals surface area contributed by atoms with Crippen LogP contribution in [0.3, 0.4) is 0 Å². The molecule has 0 bridgehead atoms. The van der Waals surface area contributed by atoms with Gasteiger partial charge < -0.3 is 15.4 Å². The predicted octanol–water partition coefficient (Wildman–Crippen LogP) is 1.15. The minimum atomic E-state index is -1.02. The molecular weight excluding hydrogens is 264 g/mol. The molecule has 0 heterocycles. The molecule has 0 saturated carbocycles. The van der Waals surface area contributed by atoms with Gasteiger partial charge in [-0.2, -0.15) is 0 Å². The van der Waals surface area contributed by atoms with Crippen LogP contribution in [0.25, 0.3) is 0 Å². The Labute approximate surface area is 97.4 Å². The van der Waals surface area contributed by atoms with Crippen LogP contribution in [-0.4, -0.2) is 31.2 Å². The molecule has 0 atom stereocenters. The second-order valence-corrected chi connectivity index (χ2v) is 4.56. The summed E-state index contributed by atoms with van der Waals surface area (Å²) in [7, 11) is 1.24. The van der Waals surface area contributed by atoms with Crippen molar-refractivity contribution in [2.24, 2.45) is 0 Å². The minimum absolute atomic E-state index is 0.311. The van der Waals surface area contributed by atoms with Gasteiger partial charge in [0.15, 0.2) is 0 Å². The van der Waals surface area contributed by atoms with Crippen LogP contribution >= 0.6 is 15.9 Å². The summed E-state index contributed by atoms with van der Waals surface area (Å²) in [6.07, 6.45) is -0.646. The summed E-state index contributed by atoms with van der Waals surface area (Å²) >= 11 is 3.11.